The second kappa shape index (κ2) is 5.79. The highest BCUT2D eigenvalue weighted by Gasteiger charge is 2.30. The van der Waals surface area contributed by atoms with Crippen LogP contribution < -0.4 is 0 Å². The van der Waals surface area contributed by atoms with Crippen LogP contribution in [0.15, 0.2) is 6.20 Å². The van der Waals surface area contributed by atoms with E-state index >= 15 is 0 Å². The maximum absolute atomic E-state index is 11.3. The van der Waals surface area contributed by atoms with Crippen molar-refractivity contribution in [2.45, 2.75) is 58.0 Å². The highest BCUT2D eigenvalue weighted by Crippen LogP contribution is 2.30. The Morgan fingerprint density at radius 3 is 2.90 bits per heavy atom. The fraction of sp³-hybridized carbons (Fsp3) is 0.750. The van der Waals surface area contributed by atoms with Gasteiger partial charge in [0.25, 0.3) is 0 Å². The van der Waals surface area contributed by atoms with Gasteiger partial charge in [-0.15, -0.1) is 0 Å². The Balaban J connectivity index is 1.72. The van der Waals surface area contributed by atoms with Gasteiger partial charge < -0.3 is 14.6 Å². The van der Waals surface area contributed by atoms with Crippen LogP contribution >= 0.6 is 0 Å². The van der Waals surface area contributed by atoms with Crippen LogP contribution in [0.4, 0.5) is 0 Å². The topological polar surface area (TPSA) is 58.4 Å². The van der Waals surface area contributed by atoms with Crippen molar-refractivity contribution in [2.75, 3.05) is 13.1 Å². The largest absolute Gasteiger partial charge is 0.481 e. The van der Waals surface area contributed by atoms with Crippen molar-refractivity contribution in [1.29, 1.82) is 0 Å². The summed E-state index contributed by atoms with van der Waals surface area (Å²) in [6.45, 7) is 7.74. The molecule has 1 fully saturated rings. The number of imidazole rings is 1. The van der Waals surface area contributed by atoms with Gasteiger partial charge in [-0.1, -0.05) is 0 Å². The third kappa shape index (κ3) is 2.84. The van der Waals surface area contributed by atoms with E-state index in [-0.39, 0.29) is 5.92 Å². The molecule has 5 heteroatoms. The van der Waals surface area contributed by atoms with Gasteiger partial charge in [0.2, 0.25) is 0 Å². The van der Waals surface area contributed by atoms with E-state index in [1.165, 1.54) is 13.0 Å². The summed E-state index contributed by atoms with van der Waals surface area (Å²) in [5, 5.41) is 9.33. The Morgan fingerprint density at radius 1 is 1.43 bits per heavy atom. The van der Waals surface area contributed by atoms with E-state index in [0.29, 0.717) is 12.0 Å². The fourth-order valence-electron chi connectivity index (χ4n) is 3.74. The molecule has 1 saturated heterocycles. The third-order valence-corrected chi connectivity index (χ3v) is 5.02. The van der Waals surface area contributed by atoms with E-state index in [0.717, 1.165) is 43.9 Å². The second-order valence-electron chi connectivity index (χ2n) is 6.73. The SMILES string of the molecule is CC(C)N1CCC(Cc2ncc3n2CCCC3C(=O)O)C1. The summed E-state index contributed by atoms with van der Waals surface area (Å²) in [4.78, 5) is 18.4. The van der Waals surface area contributed by atoms with Gasteiger partial charge in [-0.25, -0.2) is 4.98 Å². The van der Waals surface area contributed by atoms with Crippen LogP contribution in [0, 0.1) is 5.92 Å². The van der Waals surface area contributed by atoms with E-state index in [9.17, 15) is 9.90 Å². The molecule has 0 aliphatic carbocycles. The summed E-state index contributed by atoms with van der Waals surface area (Å²) in [5.74, 6) is 0.667. The third-order valence-electron chi connectivity index (χ3n) is 5.02. The van der Waals surface area contributed by atoms with Crippen LogP contribution in [0.2, 0.25) is 0 Å². The van der Waals surface area contributed by atoms with Gasteiger partial charge in [0.05, 0.1) is 11.6 Å². The molecule has 1 aromatic rings. The minimum absolute atomic E-state index is 0.365. The summed E-state index contributed by atoms with van der Waals surface area (Å²) in [5.41, 5.74) is 0.905. The number of carboxylic acids is 1. The van der Waals surface area contributed by atoms with E-state index in [1.807, 2.05) is 0 Å². The Hall–Kier alpha value is -1.36. The lowest BCUT2D eigenvalue weighted by Gasteiger charge is -2.23. The molecule has 2 atom stereocenters. The van der Waals surface area contributed by atoms with Gasteiger partial charge >= 0.3 is 5.97 Å². The van der Waals surface area contributed by atoms with Crippen LogP contribution in [0.3, 0.4) is 0 Å². The van der Waals surface area contributed by atoms with Crippen LogP contribution in [-0.4, -0.2) is 44.7 Å². The molecule has 3 rings (SSSR count). The molecule has 5 nitrogen and oxygen atoms in total. The zero-order valence-corrected chi connectivity index (χ0v) is 13.0. The lowest BCUT2D eigenvalue weighted by molar-refractivity contribution is -0.139. The molecule has 1 aromatic heterocycles. The zero-order valence-electron chi connectivity index (χ0n) is 13.0. The van der Waals surface area contributed by atoms with Crippen LogP contribution in [0.5, 0.6) is 0 Å². The van der Waals surface area contributed by atoms with Crippen molar-refractivity contribution in [1.82, 2.24) is 14.5 Å². The predicted octanol–water partition coefficient (Wildman–Crippen LogP) is 2.12. The summed E-state index contributed by atoms with van der Waals surface area (Å²) in [6, 6.07) is 0.612. The molecule has 2 unspecified atom stereocenters. The standard InChI is InChI=1S/C16H25N3O2/c1-11(2)18-7-5-12(10-18)8-15-17-9-14-13(16(20)21)4-3-6-19(14)15/h9,11-13H,3-8,10H2,1-2H3,(H,20,21). The number of aromatic nitrogens is 2. The first kappa shape index (κ1) is 14.6. The first-order valence-corrected chi connectivity index (χ1v) is 8.07. The van der Waals surface area contributed by atoms with Crippen LogP contribution in [-0.2, 0) is 17.8 Å². The molecule has 2 aliphatic rings. The molecule has 0 spiro atoms. The molecule has 116 valence electrons. The molecule has 0 bridgehead atoms. The summed E-state index contributed by atoms with van der Waals surface area (Å²) >= 11 is 0. The molecule has 0 aromatic carbocycles. The van der Waals surface area contributed by atoms with Crippen molar-refractivity contribution in [2.24, 2.45) is 5.92 Å². The minimum atomic E-state index is -0.714. The first-order chi connectivity index (χ1) is 10.1. The van der Waals surface area contributed by atoms with Gasteiger partial charge in [-0.05, 0) is 45.6 Å². The quantitative estimate of drug-likeness (QED) is 0.923. The highest BCUT2D eigenvalue weighted by molar-refractivity contribution is 5.75. The molecule has 3 heterocycles. The van der Waals surface area contributed by atoms with Crippen molar-refractivity contribution < 1.29 is 9.90 Å². The smallest absolute Gasteiger partial charge is 0.312 e. The maximum atomic E-state index is 11.3. The predicted molar refractivity (Wildman–Crippen MR) is 80.4 cm³/mol. The summed E-state index contributed by atoms with van der Waals surface area (Å²) in [7, 11) is 0. The van der Waals surface area contributed by atoms with Gasteiger partial charge in [0, 0.05) is 31.7 Å². The molecular weight excluding hydrogens is 266 g/mol. The molecule has 1 N–H and O–H groups in total. The van der Waals surface area contributed by atoms with Crippen molar-refractivity contribution >= 4 is 5.97 Å². The van der Waals surface area contributed by atoms with Gasteiger partial charge in [0.15, 0.2) is 0 Å². The van der Waals surface area contributed by atoms with E-state index in [2.05, 4.69) is 28.3 Å². The lowest BCUT2D eigenvalue weighted by atomic mass is 9.96. The number of carboxylic acid groups (broad SMARTS) is 1. The minimum Gasteiger partial charge on any atom is -0.481 e. The number of rotatable bonds is 4. The van der Waals surface area contributed by atoms with E-state index < -0.39 is 5.97 Å². The van der Waals surface area contributed by atoms with E-state index in [1.54, 1.807) is 6.20 Å². The molecule has 21 heavy (non-hydrogen) atoms. The van der Waals surface area contributed by atoms with Gasteiger partial charge in [0.1, 0.15) is 5.82 Å². The average molecular weight is 291 g/mol. The van der Waals surface area contributed by atoms with Crippen LogP contribution in [0.25, 0.3) is 0 Å². The number of likely N-dealkylation sites (tertiary alicyclic amines) is 1. The molecule has 2 aliphatic heterocycles. The highest BCUT2D eigenvalue weighted by atomic mass is 16.4. The second-order valence-corrected chi connectivity index (χ2v) is 6.73. The van der Waals surface area contributed by atoms with Gasteiger partial charge in [-0.3, -0.25) is 4.79 Å². The Labute approximate surface area is 126 Å². The van der Waals surface area contributed by atoms with E-state index in [4.69, 9.17) is 0 Å². The van der Waals surface area contributed by atoms with Crippen molar-refractivity contribution in [3.05, 3.63) is 17.7 Å². The summed E-state index contributed by atoms with van der Waals surface area (Å²) < 4.78 is 2.17. The van der Waals surface area contributed by atoms with Gasteiger partial charge in [-0.2, -0.15) is 0 Å². The fourth-order valence-corrected chi connectivity index (χ4v) is 3.74. The molecule has 0 radical (unpaired) electrons. The van der Waals surface area contributed by atoms with Crippen LogP contribution in [0.1, 0.15) is 50.5 Å². The Bertz CT molecular complexity index is 524. The Kier molecular flexibility index (Phi) is 4.02. The number of hydrogen-bond acceptors (Lipinski definition) is 3. The lowest BCUT2D eigenvalue weighted by Crippen LogP contribution is -2.28. The molecule has 0 saturated carbocycles. The molecular formula is C16H25N3O2. The first-order valence-electron chi connectivity index (χ1n) is 8.07. The maximum Gasteiger partial charge on any atom is 0.312 e. The normalized spacial score (nSPS) is 26.2. The van der Waals surface area contributed by atoms with Crippen molar-refractivity contribution in [3.8, 4) is 0 Å². The number of hydrogen-bond donors (Lipinski definition) is 1. The average Bonchev–Trinajstić information content (AvgIpc) is 3.06. The summed E-state index contributed by atoms with van der Waals surface area (Å²) in [6.07, 6.45) is 5.68. The zero-order chi connectivity index (χ0) is 15.0. The monoisotopic (exact) mass is 291 g/mol. The van der Waals surface area contributed by atoms with Crippen molar-refractivity contribution in [3.63, 3.8) is 0 Å². The number of nitrogens with zero attached hydrogens (tertiary/aromatic N) is 3. The number of fused-ring (bicyclic) bond motifs is 1. The molecule has 0 amide bonds. The Morgan fingerprint density at radius 2 is 2.24 bits per heavy atom. The number of carbonyl (C=O) groups is 1. The number of aliphatic carboxylic acids is 1.